The minimum atomic E-state index is -0.262. The molecule has 0 bridgehead atoms. The molecule has 7 aromatic rings. The van der Waals surface area contributed by atoms with Crippen molar-refractivity contribution in [1.29, 1.82) is 0 Å². The van der Waals surface area contributed by atoms with Crippen LogP contribution in [0.2, 0.25) is 0 Å². The number of aromatic nitrogens is 2. The molecule has 7 rings (SSSR count). The second kappa shape index (κ2) is 7.65. The highest BCUT2D eigenvalue weighted by Gasteiger charge is 2.15. The van der Waals surface area contributed by atoms with E-state index in [1.54, 1.807) is 35.9 Å². The molecule has 0 aliphatic heterocycles. The van der Waals surface area contributed by atoms with E-state index in [2.05, 4.69) is 34.2 Å². The van der Waals surface area contributed by atoms with Gasteiger partial charge in [0, 0.05) is 54.5 Å². The lowest BCUT2D eigenvalue weighted by atomic mass is 10.0. The Kier molecular flexibility index (Phi) is 4.41. The van der Waals surface area contributed by atoms with Gasteiger partial charge in [-0.25, -0.2) is 8.78 Å². The zero-order chi connectivity index (χ0) is 23.5. The highest BCUT2D eigenvalue weighted by atomic mass is 32.1. The lowest BCUT2D eigenvalue weighted by Gasteiger charge is -2.05. The quantitative estimate of drug-likeness (QED) is 0.250. The highest BCUT2D eigenvalue weighted by Crippen LogP contribution is 2.43. The molecule has 5 heteroatoms. The van der Waals surface area contributed by atoms with E-state index in [0.717, 1.165) is 64.2 Å². The number of hydrogen-bond acceptors (Lipinski definition) is 3. The molecule has 166 valence electrons. The Hall–Kier alpha value is -4.22. The molecule has 4 aromatic carbocycles. The first-order valence-corrected chi connectivity index (χ1v) is 12.0. The Morgan fingerprint density at radius 3 is 1.49 bits per heavy atom. The number of hydrogen-bond donors (Lipinski definition) is 0. The highest BCUT2D eigenvalue weighted by molar-refractivity contribution is 7.26. The van der Waals surface area contributed by atoms with Gasteiger partial charge in [0.15, 0.2) is 0 Å². The molecule has 3 heterocycles. The van der Waals surface area contributed by atoms with Crippen molar-refractivity contribution in [3.05, 3.63) is 109 Å². The molecule has 3 aromatic heterocycles. The van der Waals surface area contributed by atoms with Crippen molar-refractivity contribution in [2.45, 2.75) is 0 Å². The normalized spacial score (nSPS) is 11.7. The SMILES string of the molecule is Fc1ccc2cnc(-c3cccc4c3sc3c(-c5cc6cc(F)ccc6cn5)cccc34)cc2c1. The molecule has 35 heavy (non-hydrogen) atoms. The maximum absolute atomic E-state index is 13.8. The van der Waals surface area contributed by atoms with Gasteiger partial charge in [-0.3, -0.25) is 9.97 Å². The van der Waals surface area contributed by atoms with Crippen LogP contribution in [0.25, 0.3) is 64.2 Å². The summed E-state index contributed by atoms with van der Waals surface area (Å²) in [6.07, 6.45) is 3.58. The first-order valence-electron chi connectivity index (χ1n) is 11.2. The Morgan fingerprint density at radius 1 is 0.514 bits per heavy atom. The summed E-state index contributed by atoms with van der Waals surface area (Å²) in [7, 11) is 0. The molecular weight excluding hydrogens is 458 g/mol. The smallest absolute Gasteiger partial charge is 0.123 e. The lowest BCUT2D eigenvalue weighted by Crippen LogP contribution is -1.85. The van der Waals surface area contributed by atoms with Crippen molar-refractivity contribution >= 4 is 53.1 Å². The molecule has 0 fully saturated rings. The molecule has 0 N–H and O–H groups in total. The second-order valence-corrected chi connectivity index (χ2v) is 9.61. The van der Waals surface area contributed by atoms with Crippen molar-refractivity contribution < 1.29 is 8.78 Å². The van der Waals surface area contributed by atoms with Crippen LogP contribution >= 0.6 is 11.3 Å². The molecule has 2 nitrogen and oxygen atoms in total. The summed E-state index contributed by atoms with van der Waals surface area (Å²) in [4.78, 5) is 9.37. The summed E-state index contributed by atoms with van der Waals surface area (Å²) in [5, 5.41) is 5.72. The molecule has 0 saturated heterocycles. The summed E-state index contributed by atoms with van der Waals surface area (Å²) in [5.74, 6) is -0.524. The summed E-state index contributed by atoms with van der Waals surface area (Å²) < 4.78 is 29.9. The topological polar surface area (TPSA) is 25.8 Å². The largest absolute Gasteiger partial charge is 0.256 e. The number of nitrogens with zero attached hydrogens (tertiary/aromatic N) is 2. The minimum Gasteiger partial charge on any atom is -0.256 e. The number of halogens is 2. The van der Waals surface area contributed by atoms with Crippen LogP contribution in [-0.2, 0) is 0 Å². The molecular formula is C30H16F2N2S. The third kappa shape index (κ3) is 3.27. The van der Waals surface area contributed by atoms with Gasteiger partial charge in [-0.2, -0.15) is 0 Å². The second-order valence-electron chi connectivity index (χ2n) is 8.59. The molecule has 0 saturated carbocycles. The van der Waals surface area contributed by atoms with Crippen molar-refractivity contribution in [3.8, 4) is 22.5 Å². The summed E-state index contributed by atoms with van der Waals surface area (Å²) in [6, 6.07) is 25.8. The molecule has 0 radical (unpaired) electrons. The van der Waals surface area contributed by atoms with Gasteiger partial charge in [0.05, 0.1) is 11.4 Å². The van der Waals surface area contributed by atoms with Gasteiger partial charge in [-0.1, -0.05) is 36.4 Å². The van der Waals surface area contributed by atoms with E-state index >= 15 is 0 Å². The number of pyridine rings is 2. The first kappa shape index (κ1) is 20.2. The number of rotatable bonds is 2. The van der Waals surface area contributed by atoms with Crippen molar-refractivity contribution in [2.75, 3.05) is 0 Å². The molecule has 0 aliphatic carbocycles. The van der Waals surface area contributed by atoms with E-state index in [9.17, 15) is 8.78 Å². The number of thiophene rings is 1. The Balaban J connectivity index is 1.46. The van der Waals surface area contributed by atoms with Gasteiger partial charge >= 0.3 is 0 Å². The molecule has 0 aliphatic rings. The van der Waals surface area contributed by atoms with Crippen LogP contribution in [0.4, 0.5) is 8.78 Å². The van der Waals surface area contributed by atoms with Crippen LogP contribution in [-0.4, -0.2) is 9.97 Å². The van der Waals surface area contributed by atoms with E-state index in [-0.39, 0.29) is 11.6 Å². The zero-order valence-electron chi connectivity index (χ0n) is 18.3. The molecule has 0 spiro atoms. The number of benzene rings is 4. The third-order valence-electron chi connectivity index (χ3n) is 6.44. The fourth-order valence-corrected chi connectivity index (χ4v) is 6.09. The van der Waals surface area contributed by atoms with E-state index < -0.39 is 0 Å². The van der Waals surface area contributed by atoms with E-state index in [1.807, 2.05) is 24.3 Å². The minimum absolute atomic E-state index is 0.262. The van der Waals surface area contributed by atoms with Crippen LogP contribution in [0.1, 0.15) is 0 Å². The van der Waals surface area contributed by atoms with E-state index in [0.29, 0.717) is 0 Å². The van der Waals surface area contributed by atoms with Crippen LogP contribution < -0.4 is 0 Å². The van der Waals surface area contributed by atoms with E-state index in [4.69, 9.17) is 0 Å². The Labute approximate surface area is 203 Å². The average molecular weight is 475 g/mol. The van der Waals surface area contributed by atoms with Gasteiger partial charge in [0.25, 0.3) is 0 Å². The average Bonchev–Trinajstić information content (AvgIpc) is 3.27. The Morgan fingerprint density at radius 2 is 1.00 bits per heavy atom. The van der Waals surface area contributed by atoms with Gasteiger partial charge in [-0.05, 0) is 59.3 Å². The summed E-state index contributed by atoms with van der Waals surface area (Å²) in [5.41, 5.74) is 3.63. The van der Waals surface area contributed by atoms with Crippen molar-refractivity contribution in [1.82, 2.24) is 9.97 Å². The maximum atomic E-state index is 13.8. The number of fused-ring (bicyclic) bond motifs is 5. The maximum Gasteiger partial charge on any atom is 0.123 e. The van der Waals surface area contributed by atoms with Crippen LogP contribution in [0.15, 0.2) is 97.3 Å². The van der Waals surface area contributed by atoms with Crippen LogP contribution in [0.5, 0.6) is 0 Å². The predicted molar refractivity (Wildman–Crippen MR) is 141 cm³/mol. The Bertz CT molecular complexity index is 1800. The molecule has 0 amide bonds. The predicted octanol–water partition coefficient (Wildman–Crippen LogP) is 8.76. The molecule has 0 atom stereocenters. The van der Waals surface area contributed by atoms with Gasteiger partial charge in [-0.15, -0.1) is 11.3 Å². The van der Waals surface area contributed by atoms with Crippen molar-refractivity contribution in [2.24, 2.45) is 0 Å². The summed E-state index contributed by atoms with van der Waals surface area (Å²) >= 11 is 1.69. The fourth-order valence-electron chi connectivity index (χ4n) is 4.74. The zero-order valence-corrected chi connectivity index (χ0v) is 19.1. The monoisotopic (exact) mass is 474 g/mol. The van der Waals surface area contributed by atoms with Gasteiger partial charge < -0.3 is 0 Å². The molecule has 0 unspecified atom stereocenters. The van der Waals surface area contributed by atoms with Crippen LogP contribution in [0, 0.1) is 11.6 Å². The standard InChI is InChI=1S/C30H16F2N2S/c31-21-9-7-17-15-33-27(13-19(17)11-21)25-5-1-3-23-24-4-2-6-26(30(24)35-29(23)25)28-14-20-12-22(32)10-8-18(20)16-34-28/h1-16H. The third-order valence-corrected chi connectivity index (χ3v) is 7.73. The van der Waals surface area contributed by atoms with Crippen LogP contribution in [0.3, 0.4) is 0 Å². The van der Waals surface area contributed by atoms with Gasteiger partial charge in [0.1, 0.15) is 11.6 Å². The lowest BCUT2D eigenvalue weighted by molar-refractivity contribution is 0.629. The summed E-state index contributed by atoms with van der Waals surface area (Å²) in [6.45, 7) is 0. The first-order chi connectivity index (χ1) is 17.1. The van der Waals surface area contributed by atoms with E-state index in [1.165, 1.54) is 24.3 Å². The van der Waals surface area contributed by atoms with Crippen molar-refractivity contribution in [3.63, 3.8) is 0 Å². The fraction of sp³-hybridized carbons (Fsp3) is 0. The van der Waals surface area contributed by atoms with Gasteiger partial charge in [0.2, 0.25) is 0 Å².